The first-order valence-corrected chi connectivity index (χ1v) is 7.31. The molecule has 0 spiro atoms. The number of benzene rings is 1. The molecule has 96 valence electrons. The van der Waals surface area contributed by atoms with Crippen LogP contribution in [-0.4, -0.2) is 9.38 Å². The van der Waals surface area contributed by atoms with Crippen molar-refractivity contribution in [1.82, 2.24) is 9.38 Å². The van der Waals surface area contributed by atoms with E-state index < -0.39 is 0 Å². The molecule has 0 fully saturated rings. The van der Waals surface area contributed by atoms with E-state index in [0.29, 0.717) is 0 Å². The van der Waals surface area contributed by atoms with Crippen LogP contribution in [0.15, 0.2) is 24.3 Å². The maximum atomic E-state index is 13.5. The molecule has 0 radical (unpaired) electrons. The summed E-state index contributed by atoms with van der Waals surface area (Å²) in [5.74, 6) is -0.196. The number of aromatic nitrogens is 2. The van der Waals surface area contributed by atoms with Crippen molar-refractivity contribution >= 4 is 16.3 Å². The first kappa shape index (κ1) is 11.2. The largest absolute Gasteiger partial charge is 0.287 e. The van der Waals surface area contributed by atoms with Crippen LogP contribution in [0.5, 0.6) is 0 Å². The predicted octanol–water partition coefficient (Wildman–Crippen LogP) is 4.00. The van der Waals surface area contributed by atoms with Gasteiger partial charge >= 0.3 is 0 Å². The molecule has 0 N–H and O–H groups in total. The van der Waals surface area contributed by atoms with E-state index in [0.717, 1.165) is 34.8 Å². The molecule has 2 nitrogen and oxygen atoms in total. The average Bonchev–Trinajstić information content (AvgIpc) is 2.99. The summed E-state index contributed by atoms with van der Waals surface area (Å²) >= 11 is 1.78. The average molecular weight is 272 g/mol. The molecule has 0 bridgehead atoms. The van der Waals surface area contributed by atoms with Gasteiger partial charge in [-0.1, -0.05) is 12.1 Å². The number of rotatable bonds is 1. The van der Waals surface area contributed by atoms with Gasteiger partial charge in [-0.05, 0) is 38.3 Å². The monoisotopic (exact) mass is 272 g/mol. The Bertz CT molecular complexity index is 785. The highest BCUT2D eigenvalue weighted by atomic mass is 32.1. The topological polar surface area (TPSA) is 17.3 Å². The molecule has 4 heteroatoms. The molecule has 2 heterocycles. The van der Waals surface area contributed by atoms with E-state index in [1.54, 1.807) is 23.5 Å². The lowest BCUT2D eigenvalue weighted by atomic mass is 10.1. The second kappa shape index (κ2) is 3.90. The number of fused-ring (bicyclic) bond motifs is 3. The molecular weight excluding hydrogens is 259 g/mol. The van der Waals surface area contributed by atoms with Crippen LogP contribution in [0, 0.1) is 12.7 Å². The number of hydrogen-bond donors (Lipinski definition) is 0. The highest BCUT2D eigenvalue weighted by Crippen LogP contribution is 2.36. The smallest absolute Gasteiger partial charge is 0.194 e. The van der Waals surface area contributed by atoms with Crippen LogP contribution in [-0.2, 0) is 12.8 Å². The lowest BCUT2D eigenvalue weighted by Gasteiger charge is -2.04. The van der Waals surface area contributed by atoms with Gasteiger partial charge in [-0.3, -0.25) is 4.40 Å². The maximum Gasteiger partial charge on any atom is 0.194 e. The molecular formula is C15H13FN2S. The molecule has 4 rings (SSSR count). The molecule has 2 aromatic heterocycles. The van der Waals surface area contributed by atoms with Gasteiger partial charge in [-0.25, -0.2) is 9.37 Å². The van der Waals surface area contributed by atoms with Crippen molar-refractivity contribution in [3.63, 3.8) is 0 Å². The van der Waals surface area contributed by atoms with Crippen molar-refractivity contribution in [3.8, 4) is 11.3 Å². The van der Waals surface area contributed by atoms with Gasteiger partial charge < -0.3 is 0 Å². The van der Waals surface area contributed by atoms with Crippen LogP contribution in [0.4, 0.5) is 4.39 Å². The molecule has 3 aromatic rings. The third kappa shape index (κ3) is 1.56. The number of hydrogen-bond acceptors (Lipinski definition) is 2. The molecule has 1 aliphatic rings. The van der Waals surface area contributed by atoms with Gasteiger partial charge in [0, 0.05) is 16.1 Å². The van der Waals surface area contributed by atoms with E-state index in [1.807, 2.05) is 13.0 Å². The first-order valence-electron chi connectivity index (χ1n) is 6.49. The fraction of sp³-hybridized carbons (Fsp3) is 0.267. The fourth-order valence-corrected chi connectivity index (χ4v) is 4.21. The Morgan fingerprint density at radius 2 is 2.21 bits per heavy atom. The van der Waals surface area contributed by atoms with Gasteiger partial charge in [0.2, 0.25) is 0 Å². The quantitative estimate of drug-likeness (QED) is 0.654. The third-order valence-electron chi connectivity index (χ3n) is 3.74. The third-order valence-corrected chi connectivity index (χ3v) is 4.89. The van der Waals surface area contributed by atoms with Crippen LogP contribution in [0.2, 0.25) is 0 Å². The lowest BCUT2D eigenvalue weighted by Crippen LogP contribution is -1.93. The summed E-state index contributed by atoms with van der Waals surface area (Å²) < 4.78 is 15.7. The highest BCUT2D eigenvalue weighted by Gasteiger charge is 2.23. The molecule has 1 aliphatic carbocycles. The standard InChI is InChI=1S/C15H13FN2S/c1-9-14(10-4-2-5-11(16)8-10)18-12-6-3-7-13(12)19-15(18)17-9/h2,4-5,8H,3,6-7H2,1H3. The molecule has 0 saturated carbocycles. The summed E-state index contributed by atoms with van der Waals surface area (Å²) in [5, 5.41) is 0. The Morgan fingerprint density at radius 1 is 1.32 bits per heavy atom. The maximum absolute atomic E-state index is 13.5. The minimum absolute atomic E-state index is 0.196. The van der Waals surface area contributed by atoms with Gasteiger partial charge in [0.25, 0.3) is 0 Å². The number of nitrogens with zero attached hydrogens (tertiary/aromatic N) is 2. The SMILES string of the molecule is Cc1nc2sc3c(n2c1-c1cccc(F)c1)CCC3. The van der Waals surface area contributed by atoms with E-state index in [1.165, 1.54) is 23.1 Å². The number of halogens is 1. The Balaban J connectivity index is 2.05. The predicted molar refractivity (Wildman–Crippen MR) is 75.2 cm³/mol. The van der Waals surface area contributed by atoms with E-state index in [2.05, 4.69) is 9.38 Å². The normalized spacial score (nSPS) is 14.2. The van der Waals surface area contributed by atoms with Gasteiger partial charge in [-0.15, -0.1) is 11.3 Å². The zero-order valence-electron chi connectivity index (χ0n) is 10.6. The van der Waals surface area contributed by atoms with Crippen molar-refractivity contribution in [3.05, 3.63) is 46.3 Å². The number of thiazole rings is 1. The fourth-order valence-electron chi connectivity index (χ4n) is 2.95. The van der Waals surface area contributed by atoms with Crippen molar-refractivity contribution in [2.24, 2.45) is 0 Å². The van der Waals surface area contributed by atoms with E-state index in [9.17, 15) is 4.39 Å². The van der Waals surface area contributed by atoms with Gasteiger partial charge in [0.1, 0.15) is 5.82 Å². The Hall–Kier alpha value is -1.68. The zero-order valence-corrected chi connectivity index (χ0v) is 11.4. The Kier molecular flexibility index (Phi) is 2.30. The summed E-state index contributed by atoms with van der Waals surface area (Å²) in [6.07, 6.45) is 3.48. The van der Waals surface area contributed by atoms with Crippen molar-refractivity contribution < 1.29 is 4.39 Å². The second-order valence-corrected chi connectivity index (χ2v) is 6.06. The summed E-state index contributed by atoms with van der Waals surface area (Å²) in [7, 11) is 0. The van der Waals surface area contributed by atoms with E-state index in [-0.39, 0.29) is 5.82 Å². The molecule has 0 saturated heterocycles. The summed E-state index contributed by atoms with van der Waals surface area (Å²) in [4.78, 5) is 7.13. The zero-order chi connectivity index (χ0) is 13.0. The first-order chi connectivity index (χ1) is 9.24. The van der Waals surface area contributed by atoms with Gasteiger partial charge in [0.05, 0.1) is 11.4 Å². The Morgan fingerprint density at radius 3 is 3.05 bits per heavy atom. The van der Waals surface area contributed by atoms with Gasteiger partial charge in [-0.2, -0.15) is 0 Å². The second-order valence-electron chi connectivity index (χ2n) is 5.00. The highest BCUT2D eigenvalue weighted by molar-refractivity contribution is 7.17. The number of aryl methyl sites for hydroxylation is 3. The van der Waals surface area contributed by atoms with E-state index in [4.69, 9.17) is 0 Å². The van der Waals surface area contributed by atoms with Crippen LogP contribution in [0.1, 0.15) is 22.7 Å². The molecule has 0 atom stereocenters. The summed E-state index contributed by atoms with van der Waals surface area (Å²) in [6, 6.07) is 6.79. The van der Waals surface area contributed by atoms with Crippen molar-refractivity contribution in [2.45, 2.75) is 26.2 Å². The number of imidazole rings is 1. The van der Waals surface area contributed by atoms with Gasteiger partial charge in [0.15, 0.2) is 4.96 Å². The van der Waals surface area contributed by atoms with Crippen LogP contribution >= 0.6 is 11.3 Å². The van der Waals surface area contributed by atoms with Crippen LogP contribution in [0.25, 0.3) is 16.2 Å². The summed E-state index contributed by atoms with van der Waals surface area (Å²) in [6.45, 7) is 2.00. The van der Waals surface area contributed by atoms with Crippen LogP contribution in [0.3, 0.4) is 0 Å². The van der Waals surface area contributed by atoms with E-state index >= 15 is 0 Å². The van der Waals surface area contributed by atoms with Crippen molar-refractivity contribution in [2.75, 3.05) is 0 Å². The minimum atomic E-state index is -0.196. The Labute approximate surface area is 114 Å². The molecule has 19 heavy (non-hydrogen) atoms. The molecule has 1 aromatic carbocycles. The molecule has 0 aliphatic heterocycles. The molecule has 0 unspecified atom stereocenters. The molecule has 0 amide bonds. The lowest BCUT2D eigenvalue weighted by molar-refractivity contribution is 0.628. The van der Waals surface area contributed by atoms with Crippen molar-refractivity contribution in [1.29, 1.82) is 0 Å². The minimum Gasteiger partial charge on any atom is -0.287 e. The summed E-state index contributed by atoms with van der Waals surface area (Å²) in [5.41, 5.74) is 4.32. The van der Waals surface area contributed by atoms with Crippen LogP contribution < -0.4 is 0 Å².